The lowest BCUT2D eigenvalue weighted by molar-refractivity contribution is 0.0892. The number of halogens is 1. The lowest BCUT2D eigenvalue weighted by Crippen LogP contribution is -2.39. The smallest absolute Gasteiger partial charge is 0.436 e. The zero-order valence-electron chi connectivity index (χ0n) is 15.7. The molecule has 0 radical (unpaired) electrons. The molecule has 2 N–H and O–H groups in total. The van der Waals surface area contributed by atoms with Gasteiger partial charge in [-0.1, -0.05) is 48.5 Å². The summed E-state index contributed by atoms with van der Waals surface area (Å²) in [5.74, 6) is 1.41. The van der Waals surface area contributed by atoms with Gasteiger partial charge < -0.3 is 9.47 Å². The van der Waals surface area contributed by atoms with Crippen molar-refractivity contribution in [1.82, 2.24) is 5.01 Å². The van der Waals surface area contributed by atoms with Gasteiger partial charge in [0.05, 0.1) is 5.69 Å². The molecular weight excluding hydrogens is 434 g/mol. The van der Waals surface area contributed by atoms with Crippen molar-refractivity contribution >= 4 is 34.6 Å². The molecule has 0 aliphatic carbocycles. The van der Waals surface area contributed by atoms with Crippen LogP contribution in [0.5, 0.6) is 11.5 Å². The van der Waals surface area contributed by atoms with Crippen LogP contribution in [0.4, 0.5) is 10.5 Å². The van der Waals surface area contributed by atoms with Crippen molar-refractivity contribution in [1.29, 1.82) is 5.41 Å². The number of rotatable bonds is 5. The second-order valence-corrected chi connectivity index (χ2v) is 6.50. The van der Waals surface area contributed by atoms with Crippen LogP contribution in [0.1, 0.15) is 12.5 Å². The molecule has 1 unspecified atom stereocenters. The van der Waals surface area contributed by atoms with Gasteiger partial charge in [0.1, 0.15) is 11.5 Å². The second-order valence-electron chi connectivity index (χ2n) is 6.50. The number of carbonyl (C=O) groups is 1. The maximum atomic E-state index is 12.4. The third kappa shape index (κ3) is 4.09. The molecule has 0 saturated carbocycles. The maximum absolute atomic E-state index is 12.4. The van der Waals surface area contributed by atoms with E-state index in [4.69, 9.17) is 14.9 Å². The van der Waals surface area contributed by atoms with Gasteiger partial charge in [0.25, 0.3) is 0 Å². The molecule has 1 atom stereocenters. The molecule has 0 spiro atoms. The van der Waals surface area contributed by atoms with Gasteiger partial charge in [-0.05, 0) is 43.3 Å². The Bertz CT molecular complexity index is 997. The summed E-state index contributed by atoms with van der Waals surface area (Å²) >= 11 is 0. The normalized spacial score (nSPS) is 18.0. The summed E-state index contributed by atoms with van der Waals surface area (Å²) in [5, 5.41) is 9.61. The molecule has 1 saturated heterocycles. The van der Waals surface area contributed by atoms with Gasteiger partial charge in [0.2, 0.25) is 0 Å². The van der Waals surface area contributed by atoms with Crippen LogP contribution in [0, 0.1) is 5.41 Å². The van der Waals surface area contributed by atoms with Gasteiger partial charge in [-0.15, -0.1) is 17.0 Å². The summed E-state index contributed by atoms with van der Waals surface area (Å²) in [6.45, 7) is 1.70. The number of carbonyl (C=O) groups excluding carboxylic acids is 1. The van der Waals surface area contributed by atoms with E-state index >= 15 is 0 Å². The van der Waals surface area contributed by atoms with Gasteiger partial charge in [-0.25, -0.2) is 4.79 Å². The molecule has 1 amide bonds. The Kier molecular flexibility index (Phi) is 5.89. The van der Waals surface area contributed by atoms with Gasteiger partial charge in [-0.2, -0.15) is 5.01 Å². The number of hydrogen-bond acceptors (Lipinski definition) is 5. The first-order valence-electron chi connectivity index (χ1n) is 8.83. The number of nitrogens with one attached hydrogen (secondary N) is 2. The molecule has 1 heterocycles. The fraction of sp³-hybridized carbons (Fsp3) is 0.0909. The Morgan fingerprint density at radius 2 is 1.45 bits per heavy atom. The van der Waals surface area contributed by atoms with Crippen LogP contribution in [0.3, 0.4) is 0 Å². The van der Waals surface area contributed by atoms with Gasteiger partial charge in [-0.3, -0.25) is 10.8 Å². The van der Waals surface area contributed by atoms with E-state index in [-0.39, 0.29) is 22.8 Å². The molecule has 0 bridgehead atoms. The van der Waals surface area contributed by atoms with Crippen molar-refractivity contribution in [2.24, 2.45) is 0 Å². The van der Waals surface area contributed by atoms with Gasteiger partial charge in [0, 0.05) is 5.56 Å². The molecule has 1 fully saturated rings. The monoisotopic (exact) mass is 453 g/mol. The third-order valence-electron chi connectivity index (χ3n) is 4.55. The number of amides is 1. The van der Waals surface area contributed by atoms with E-state index in [2.05, 4.69) is 5.43 Å². The number of cyclic esters (lactones) is 1. The van der Waals surface area contributed by atoms with Gasteiger partial charge >= 0.3 is 6.09 Å². The number of nitrogens with zero attached hydrogens (tertiary/aromatic N) is 1. The number of amidine groups is 1. The summed E-state index contributed by atoms with van der Waals surface area (Å²) in [7, 11) is 0. The summed E-state index contributed by atoms with van der Waals surface area (Å²) < 4.78 is 11.3. The topological polar surface area (TPSA) is 74.7 Å². The molecule has 6 nitrogen and oxygen atoms in total. The Morgan fingerprint density at radius 1 is 0.897 bits per heavy atom. The average Bonchev–Trinajstić information content (AvgIpc) is 2.94. The van der Waals surface area contributed by atoms with Crippen LogP contribution in [0.25, 0.3) is 0 Å². The summed E-state index contributed by atoms with van der Waals surface area (Å²) in [6, 6.07) is 25.8. The van der Waals surface area contributed by atoms with Crippen molar-refractivity contribution in [3.05, 3.63) is 90.5 Å². The maximum Gasteiger partial charge on any atom is 0.436 e. The highest BCUT2D eigenvalue weighted by Gasteiger charge is 2.49. The fourth-order valence-electron chi connectivity index (χ4n) is 2.98. The zero-order valence-corrected chi connectivity index (χ0v) is 17.4. The van der Waals surface area contributed by atoms with Crippen LogP contribution in [-0.2, 0) is 10.3 Å². The van der Waals surface area contributed by atoms with E-state index in [9.17, 15) is 4.79 Å². The molecule has 0 aromatic heterocycles. The summed E-state index contributed by atoms with van der Waals surface area (Å²) in [6.07, 6.45) is -0.624. The van der Waals surface area contributed by atoms with E-state index in [1.54, 1.807) is 31.2 Å². The van der Waals surface area contributed by atoms with Crippen molar-refractivity contribution in [3.8, 4) is 11.5 Å². The summed E-state index contributed by atoms with van der Waals surface area (Å²) in [4.78, 5) is 12.4. The van der Waals surface area contributed by atoms with Crippen molar-refractivity contribution in [3.63, 3.8) is 0 Å². The predicted octanol–water partition coefficient (Wildman–Crippen LogP) is 5.73. The van der Waals surface area contributed by atoms with E-state index in [0.717, 1.165) is 10.8 Å². The predicted molar refractivity (Wildman–Crippen MR) is 117 cm³/mol. The molecule has 1 aliphatic rings. The van der Waals surface area contributed by atoms with Crippen molar-refractivity contribution < 1.29 is 14.3 Å². The highest BCUT2D eigenvalue weighted by molar-refractivity contribution is 8.93. The SMILES string of the molecule is Br.CC1(c2ccc(Oc3ccccc3)cc2)OC(=O)N(Nc2ccccc2)C1=N. The van der Waals surface area contributed by atoms with E-state index < -0.39 is 11.7 Å². The summed E-state index contributed by atoms with van der Waals surface area (Å²) in [5.41, 5.74) is 3.11. The van der Waals surface area contributed by atoms with Crippen LogP contribution in [0.2, 0.25) is 0 Å². The quantitative estimate of drug-likeness (QED) is 0.517. The minimum atomic E-state index is -1.19. The number of anilines is 1. The first kappa shape index (κ1) is 20.4. The molecule has 3 aromatic rings. The van der Waals surface area contributed by atoms with Crippen LogP contribution in [0.15, 0.2) is 84.9 Å². The first-order chi connectivity index (χ1) is 13.6. The number of hydrogen-bond donors (Lipinski definition) is 2. The molecule has 3 aromatic carbocycles. The molecule has 148 valence electrons. The Balaban J connectivity index is 0.00000240. The zero-order chi connectivity index (χ0) is 19.6. The van der Waals surface area contributed by atoms with Crippen molar-refractivity contribution in [2.45, 2.75) is 12.5 Å². The van der Waals surface area contributed by atoms with Gasteiger partial charge in [0.15, 0.2) is 11.4 Å². The molecule has 4 rings (SSSR count). The average molecular weight is 454 g/mol. The van der Waals surface area contributed by atoms with E-state index in [1.165, 1.54) is 0 Å². The highest BCUT2D eigenvalue weighted by atomic mass is 79.9. The fourth-order valence-corrected chi connectivity index (χ4v) is 2.98. The Hall–Kier alpha value is -3.32. The third-order valence-corrected chi connectivity index (χ3v) is 4.55. The molecule has 29 heavy (non-hydrogen) atoms. The standard InChI is InChI=1S/C22H19N3O3.BrH/c1-22(16-12-14-19(15-13-16)27-18-10-6-3-7-11-18)20(23)25(21(26)28-22)24-17-8-4-2-5-9-17;/h2-15,23-24H,1H3;1H. The molecule has 7 heteroatoms. The molecule has 1 aliphatic heterocycles. The first-order valence-corrected chi connectivity index (χ1v) is 8.83. The Morgan fingerprint density at radius 3 is 2.07 bits per heavy atom. The lowest BCUT2D eigenvalue weighted by Gasteiger charge is -2.23. The number of para-hydroxylation sites is 2. The minimum Gasteiger partial charge on any atom is -0.457 e. The van der Waals surface area contributed by atoms with Crippen LogP contribution < -0.4 is 10.2 Å². The lowest BCUT2D eigenvalue weighted by atomic mass is 9.95. The van der Waals surface area contributed by atoms with Crippen LogP contribution in [-0.4, -0.2) is 16.9 Å². The number of hydrazine groups is 1. The number of ether oxygens (including phenoxy) is 2. The van der Waals surface area contributed by atoms with Crippen molar-refractivity contribution in [2.75, 3.05) is 5.43 Å². The highest BCUT2D eigenvalue weighted by Crippen LogP contribution is 2.35. The molecular formula is C22H20BrN3O3. The van der Waals surface area contributed by atoms with Crippen LogP contribution >= 0.6 is 17.0 Å². The van der Waals surface area contributed by atoms with E-state index in [0.29, 0.717) is 17.0 Å². The number of benzene rings is 3. The van der Waals surface area contributed by atoms with E-state index in [1.807, 2.05) is 60.7 Å². The second kappa shape index (κ2) is 8.36. The largest absolute Gasteiger partial charge is 0.457 e. The Labute approximate surface area is 179 Å². The minimum absolute atomic E-state index is 0.